The average Bonchev–Trinajstić information content (AvgIpc) is 2.53. The van der Waals surface area contributed by atoms with E-state index >= 15 is 0 Å². The summed E-state index contributed by atoms with van der Waals surface area (Å²) >= 11 is 16.4. The van der Waals surface area contributed by atoms with Crippen molar-refractivity contribution in [2.24, 2.45) is 0 Å². The zero-order valence-electron chi connectivity index (χ0n) is 12.1. The molecule has 0 saturated heterocycles. The lowest BCUT2D eigenvalue weighted by atomic mass is 10.1. The highest BCUT2D eigenvalue weighted by Crippen LogP contribution is 2.24. The Morgan fingerprint density at radius 2 is 1.88 bits per heavy atom. The van der Waals surface area contributed by atoms with Crippen molar-refractivity contribution in [2.45, 2.75) is 0 Å². The van der Waals surface area contributed by atoms with E-state index < -0.39 is 0 Å². The Kier molecular flexibility index (Phi) is 5.21. The number of allylic oxidation sites excluding steroid dienone is 1. The van der Waals surface area contributed by atoms with Crippen LogP contribution in [0.5, 0.6) is 0 Å². The summed E-state index contributed by atoms with van der Waals surface area (Å²) in [5.41, 5.74) is 0.806. The van der Waals surface area contributed by atoms with E-state index in [1.54, 1.807) is 30.3 Å². The maximum absolute atomic E-state index is 12.4. The molecule has 0 amide bonds. The maximum atomic E-state index is 12.4. The van der Waals surface area contributed by atoms with Crippen molar-refractivity contribution in [3.8, 4) is 0 Å². The zero-order chi connectivity index (χ0) is 17.3. The highest BCUT2D eigenvalue weighted by atomic mass is 79.9. The molecule has 0 atom stereocenters. The molecular formula is C18H9BrCl2O2S. The van der Waals surface area contributed by atoms with Gasteiger partial charge in [0.1, 0.15) is 0 Å². The molecule has 24 heavy (non-hydrogen) atoms. The van der Waals surface area contributed by atoms with Crippen LogP contribution in [0, 0.1) is 0 Å². The third-order valence-electron chi connectivity index (χ3n) is 3.34. The minimum atomic E-state index is -0.357. The van der Waals surface area contributed by atoms with Gasteiger partial charge in [-0.05, 0) is 59.5 Å². The van der Waals surface area contributed by atoms with Gasteiger partial charge in [0.2, 0.25) is 4.74 Å². The molecule has 0 aliphatic carbocycles. The summed E-state index contributed by atoms with van der Waals surface area (Å²) in [5, 5.41) is 1.81. The lowest BCUT2D eigenvalue weighted by Crippen LogP contribution is -2.09. The summed E-state index contributed by atoms with van der Waals surface area (Å²) in [6, 6.07) is 12.2. The fraction of sp³-hybridized carbons (Fsp3) is 0. The normalized spacial score (nSPS) is 11.3. The fourth-order valence-electron chi connectivity index (χ4n) is 2.16. The third kappa shape index (κ3) is 3.78. The summed E-state index contributed by atoms with van der Waals surface area (Å²) in [5.74, 6) is -0.357. The van der Waals surface area contributed by atoms with Gasteiger partial charge in [-0.1, -0.05) is 56.5 Å². The van der Waals surface area contributed by atoms with Crippen LogP contribution in [0.2, 0.25) is 10.0 Å². The molecule has 0 radical (unpaired) electrons. The van der Waals surface area contributed by atoms with Crippen LogP contribution in [0.1, 0.15) is 15.9 Å². The molecule has 0 saturated carbocycles. The maximum Gasteiger partial charge on any atom is 0.244 e. The number of fused-ring (bicyclic) bond motifs is 1. The SMILES string of the molecule is O=C(/C=C\c1ccc(Cl)cc1Cl)c1cc2cc(Br)ccc2sc1=O. The Morgan fingerprint density at radius 1 is 1.08 bits per heavy atom. The van der Waals surface area contributed by atoms with Gasteiger partial charge in [0.25, 0.3) is 0 Å². The van der Waals surface area contributed by atoms with Crippen molar-refractivity contribution in [2.75, 3.05) is 0 Å². The van der Waals surface area contributed by atoms with E-state index in [2.05, 4.69) is 15.9 Å². The molecule has 3 rings (SSSR count). The fourth-order valence-corrected chi connectivity index (χ4v) is 3.85. The molecule has 2 nitrogen and oxygen atoms in total. The first-order valence-corrected chi connectivity index (χ1v) is 9.21. The molecule has 0 aliphatic heterocycles. The van der Waals surface area contributed by atoms with E-state index in [1.807, 2.05) is 18.2 Å². The second-order valence-electron chi connectivity index (χ2n) is 4.99. The molecule has 2 aromatic carbocycles. The summed E-state index contributed by atoms with van der Waals surface area (Å²) in [4.78, 5) is 24.6. The quantitative estimate of drug-likeness (QED) is 0.358. The van der Waals surface area contributed by atoms with Crippen LogP contribution in [-0.4, -0.2) is 5.78 Å². The van der Waals surface area contributed by atoms with Crippen molar-refractivity contribution in [3.05, 3.63) is 83.7 Å². The first kappa shape index (κ1) is 17.4. The molecule has 0 unspecified atom stereocenters. The topological polar surface area (TPSA) is 34.1 Å². The number of carbonyl (C=O) groups is 1. The molecule has 0 bridgehead atoms. The molecular weight excluding hydrogens is 431 g/mol. The third-order valence-corrected chi connectivity index (χ3v) is 5.39. The average molecular weight is 440 g/mol. The van der Waals surface area contributed by atoms with Crippen molar-refractivity contribution in [3.63, 3.8) is 0 Å². The Hall–Kier alpha value is -1.46. The van der Waals surface area contributed by atoms with E-state index in [9.17, 15) is 9.59 Å². The van der Waals surface area contributed by atoms with E-state index in [0.29, 0.717) is 15.6 Å². The molecule has 6 heteroatoms. The largest absolute Gasteiger partial charge is 0.289 e. The molecule has 3 aromatic rings. The monoisotopic (exact) mass is 438 g/mol. The number of hydrogen-bond donors (Lipinski definition) is 0. The van der Waals surface area contributed by atoms with E-state index in [0.717, 1.165) is 25.9 Å². The summed E-state index contributed by atoms with van der Waals surface area (Å²) in [6.45, 7) is 0. The van der Waals surface area contributed by atoms with Gasteiger partial charge in [0, 0.05) is 19.2 Å². The van der Waals surface area contributed by atoms with Crippen LogP contribution in [0.4, 0.5) is 0 Å². The summed E-state index contributed by atoms with van der Waals surface area (Å²) < 4.78 is 1.47. The predicted octanol–water partition coefficient (Wildman–Crippen LogP) is 6.23. The summed E-state index contributed by atoms with van der Waals surface area (Å²) in [6.07, 6.45) is 2.93. The van der Waals surface area contributed by atoms with Crippen molar-refractivity contribution >= 4 is 72.4 Å². The van der Waals surface area contributed by atoms with E-state index in [4.69, 9.17) is 23.2 Å². The van der Waals surface area contributed by atoms with Crippen LogP contribution >= 0.6 is 50.5 Å². The highest BCUT2D eigenvalue weighted by Gasteiger charge is 2.10. The van der Waals surface area contributed by atoms with Crippen molar-refractivity contribution < 1.29 is 4.79 Å². The Bertz CT molecular complexity index is 1040. The van der Waals surface area contributed by atoms with Crippen LogP contribution in [0.25, 0.3) is 16.2 Å². The van der Waals surface area contributed by atoms with Gasteiger partial charge in [-0.3, -0.25) is 9.59 Å². The second-order valence-corrected chi connectivity index (χ2v) is 7.77. The standard InChI is InChI=1S/C18H9BrCl2O2S/c19-12-3-6-17-11(7-12)8-14(18(23)24-17)16(22)5-2-10-1-4-13(20)9-15(10)21/h1-9H/b5-2-. The first-order chi connectivity index (χ1) is 11.4. The summed E-state index contributed by atoms with van der Waals surface area (Å²) in [7, 11) is 0. The Morgan fingerprint density at radius 3 is 2.62 bits per heavy atom. The van der Waals surface area contributed by atoms with Crippen molar-refractivity contribution in [1.82, 2.24) is 0 Å². The van der Waals surface area contributed by atoms with Gasteiger partial charge in [-0.2, -0.15) is 0 Å². The predicted molar refractivity (Wildman–Crippen MR) is 106 cm³/mol. The molecule has 0 spiro atoms. The highest BCUT2D eigenvalue weighted by molar-refractivity contribution is 9.10. The second kappa shape index (κ2) is 7.19. The number of carbonyl (C=O) groups excluding carboxylic acids is 1. The number of ketones is 1. The lowest BCUT2D eigenvalue weighted by Gasteiger charge is -2.01. The smallest absolute Gasteiger partial charge is 0.244 e. The molecule has 0 aliphatic rings. The molecule has 1 aromatic heterocycles. The number of hydrogen-bond acceptors (Lipinski definition) is 3. The molecule has 120 valence electrons. The van der Waals surface area contributed by atoms with Gasteiger partial charge in [0.05, 0.1) is 5.56 Å². The minimum absolute atomic E-state index is 0.145. The lowest BCUT2D eigenvalue weighted by molar-refractivity contribution is 0.104. The van der Waals surface area contributed by atoms with Crippen LogP contribution in [-0.2, 0) is 0 Å². The molecule has 1 heterocycles. The van der Waals surface area contributed by atoms with Crippen LogP contribution < -0.4 is 4.74 Å². The molecule has 0 fully saturated rings. The molecule has 0 N–H and O–H groups in total. The Labute approximate surface area is 160 Å². The van der Waals surface area contributed by atoms with Gasteiger partial charge in [-0.15, -0.1) is 0 Å². The van der Waals surface area contributed by atoms with Crippen LogP contribution in [0.3, 0.4) is 0 Å². The van der Waals surface area contributed by atoms with Gasteiger partial charge >= 0.3 is 0 Å². The zero-order valence-corrected chi connectivity index (χ0v) is 16.0. The van der Waals surface area contributed by atoms with Gasteiger partial charge in [0.15, 0.2) is 5.78 Å². The first-order valence-electron chi connectivity index (χ1n) is 6.85. The minimum Gasteiger partial charge on any atom is -0.289 e. The number of halogens is 3. The van der Waals surface area contributed by atoms with E-state index in [-0.39, 0.29) is 16.1 Å². The van der Waals surface area contributed by atoms with E-state index in [1.165, 1.54) is 6.08 Å². The number of rotatable bonds is 3. The Balaban J connectivity index is 1.97. The van der Waals surface area contributed by atoms with Gasteiger partial charge in [-0.25, -0.2) is 0 Å². The van der Waals surface area contributed by atoms with Crippen LogP contribution in [0.15, 0.2) is 57.8 Å². The van der Waals surface area contributed by atoms with Gasteiger partial charge < -0.3 is 0 Å². The number of benzene rings is 2. The van der Waals surface area contributed by atoms with Crippen molar-refractivity contribution in [1.29, 1.82) is 0 Å².